The zero-order valence-corrected chi connectivity index (χ0v) is 10.4. The molecule has 84 valence electrons. The van der Waals surface area contributed by atoms with Crippen molar-refractivity contribution in [2.24, 2.45) is 0 Å². The normalized spacial score (nSPS) is 12.7. The molecule has 0 aliphatic carbocycles. The van der Waals surface area contributed by atoms with E-state index in [1.807, 2.05) is 23.9 Å². The fourth-order valence-corrected chi connectivity index (χ4v) is 2.40. The predicted octanol–water partition coefficient (Wildman–Crippen LogP) is 3.56. The van der Waals surface area contributed by atoms with Crippen LogP contribution in [0.5, 0.6) is 0 Å². The molecular formula is C13H20OS. The Hall–Kier alpha value is -0.470. The van der Waals surface area contributed by atoms with Crippen LogP contribution < -0.4 is 0 Å². The number of hydrogen-bond acceptors (Lipinski definition) is 2. The van der Waals surface area contributed by atoms with Crippen molar-refractivity contribution in [3.8, 4) is 0 Å². The van der Waals surface area contributed by atoms with Gasteiger partial charge in [-0.05, 0) is 24.7 Å². The van der Waals surface area contributed by atoms with Gasteiger partial charge in [0.2, 0.25) is 0 Å². The van der Waals surface area contributed by atoms with Gasteiger partial charge in [-0.1, -0.05) is 43.2 Å². The third-order valence-electron chi connectivity index (χ3n) is 2.38. The highest BCUT2D eigenvalue weighted by Crippen LogP contribution is 2.19. The molecule has 1 aromatic rings. The van der Waals surface area contributed by atoms with Crippen LogP contribution in [0.3, 0.4) is 0 Å². The van der Waals surface area contributed by atoms with Crippen LogP contribution in [0.25, 0.3) is 0 Å². The fourth-order valence-electron chi connectivity index (χ4n) is 1.33. The first-order valence-corrected chi connectivity index (χ1v) is 6.72. The second-order valence-corrected chi connectivity index (χ2v) is 5.00. The van der Waals surface area contributed by atoms with Crippen LogP contribution in [0, 0.1) is 6.92 Å². The van der Waals surface area contributed by atoms with Crippen LogP contribution in [0.2, 0.25) is 0 Å². The SMILES string of the molecule is CCCCSCC(O)c1ccc(C)cc1. The summed E-state index contributed by atoms with van der Waals surface area (Å²) in [6, 6.07) is 8.13. The van der Waals surface area contributed by atoms with Gasteiger partial charge in [-0.3, -0.25) is 0 Å². The number of rotatable bonds is 6. The quantitative estimate of drug-likeness (QED) is 0.746. The predicted molar refractivity (Wildman–Crippen MR) is 68.4 cm³/mol. The molecule has 0 saturated heterocycles. The maximum absolute atomic E-state index is 9.89. The number of aliphatic hydroxyl groups excluding tert-OH is 1. The van der Waals surface area contributed by atoms with E-state index in [-0.39, 0.29) is 6.10 Å². The lowest BCUT2D eigenvalue weighted by atomic mass is 10.1. The molecule has 0 aromatic heterocycles. The number of thioether (sulfide) groups is 1. The zero-order chi connectivity index (χ0) is 11.1. The highest BCUT2D eigenvalue weighted by atomic mass is 32.2. The molecule has 1 N–H and O–H groups in total. The Bertz CT molecular complexity index is 268. The number of aryl methyl sites for hydroxylation is 1. The van der Waals surface area contributed by atoms with Crippen LogP contribution in [-0.2, 0) is 0 Å². The number of unbranched alkanes of at least 4 members (excludes halogenated alkanes) is 1. The van der Waals surface area contributed by atoms with Gasteiger partial charge in [-0.15, -0.1) is 0 Å². The lowest BCUT2D eigenvalue weighted by Crippen LogP contribution is -2.01. The minimum atomic E-state index is -0.313. The van der Waals surface area contributed by atoms with Gasteiger partial charge in [-0.25, -0.2) is 0 Å². The molecule has 0 bridgehead atoms. The highest BCUT2D eigenvalue weighted by Gasteiger charge is 2.06. The van der Waals surface area contributed by atoms with E-state index in [0.29, 0.717) is 0 Å². The van der Waals surface area contributed by atoms with E-state index in [9.17, 15) is 5.11 Å². The van der Waals surface area contributed by atoms with Crippen LogP contribution in [0.15, 0.2) is 24.3 Å². The van der Waals surface area contributed by atoms with E-state index in [2.05, 4.69) is 26.0 Å². The van der Waals surface area contributed by atoms with Gasteiger partial charge in [0.25, 0.3) is 0 Å². The first-order valence-electron chi connectivity index (χ1n) is 5.56. The van der Waals surface area contributed by atoms with Crippen molar-refractivity contribution in [2.45, 2.75) is 32.8 Å². The molecule has 1 unspecified atom stereocenters. The van der Waals surface area contributed by atoms with Gasteiger partial charge in [0.15, 0.2) is 0 Å². The molecule has 0 aliphatic rings. The van der Waals surface area contributed by atoms with E-state index < -0.39 is 0 Å². The molecule has 0 saturated carbocycles. The molecule has 1 atom stereocenters. The average Bonchev–Trinajstić information content (AvgIpc) is 2.25. The molecule has 0 spiro atoms. The summed E-state index contributed by atoms with van der Waals surface area (Å²) in [6.07, 6.45) is 2.16. The zero-order valence-electron chi connectivity index (χ0n) is 9.57. The molecule has 0 amide bonds. The van der Waals surface area contributed by atoms with Gasteiger partial charge >= 0.3 is 0 Å². The summed E-state index contributed by atoms with van der Waals surface area (Å²) in [7, 11) is 0. The molecule has 0 heterocycles. The third-order valence-corrected chi connectivity index (χ3v) is 3.51. The summed E-state index contributed by atoms with van der Waals surface area (Å²) in [5, 5.41) is 9.89. The summed E-state index contributed by atoms with van der Waals surface area (Å²) in [4.78, 5) is 0. The van der Waals surface area contributed by atoms with Gasteiger partial charge in [0, 0.05) is 5.75 Å². The maximum atomic E-state index is 9.89. The molecule has 1 nitrogen and oxygen atoms in total. The molecule has 0 aliphatic heterocycles. The minimum absolute atomic E-state index is 0.313. The lowest BCUT2D eigenvalue weighted by Gasteiger charge is -2.10. The smallest absolute Gasteiger partial charge is 0.0880 e. The topological polar surface area (TPSA) is 20.2 Å². The standard InChI is InChI=1S/C13H20OS/c1-3-4-9-15-10-13(14)12-7-5-11(2)6-8-12/h5-8,13-14H,3-4,9-10H2,1-2H3. The molecule has 1 aromatic carbocycles. The van der Waals surface area contributed by atoms with Crippen molar-refractivity contribution < 1.29 is 5.11 Å². The first kappa shape index (κ1) is 12.6. The van der Waals surface area contributed by atoms with E-state index in [0.717, 1.165) is 17.1 Å². The summed E-state index contributed by atoms with van der Waals surface area (Å²) < 4.78 is 0. The highest BCUT2D eigenvalue weighted by molar-refractivity contribution is 7.99. The molecule has 2 heteroatoms. The third kappa shape index (κ3) is 4.72. The van der Waals surface area contributed by atoms with E-state index >= 15 is 0 Å². The number of benzene rings is 1. The second kappa shape index (κ2) is 6.91. The van der Waals surface area contributed by atoms with Gasteiger partial charge in [-0.2, -0.15) is 11.8 Å². The van der Waals surface area contributed by atoms with E-state index in [4.69, 9.17) is 0 Å². The Morgan fingerprint density at radius 2 is 1.93 bits per heavy atom. The summed E-state index contributed by atoms with van der Waals surface area (Å²) >= 11 is 1.83. The Morgan fingerprint density at radius 3 is 2.53 bits per heavy atom. The Balaban J connectivity index is 2.33. The molecule has 0 fully saturated rings. The largest absolute Gasteiger partial charge is 0.388 e. The van der Waals surface area contributed by atoms with Crippen molar-refractivity contribution >= 4 is 11.8 Å². The summed E-state index contributed by atoms with van der Waals surface area (Å²) in [6.45, 7) is 4.25. The summed E-state index contributed by atoms with van der Waals surface area (Å²) in [5.41, 5.74) is 2.27. The second-order valence-electron chi connectivity index (χ2n) is 3.85. The summed E-state index contributed by atoms with van der Waals surface area (Å²) in [5.74, 6) is 1.96. The lowest BCUT2D eigenvalue weighted by molar-refractivity contribution is 0.204. The Labute approximate surface area is 96.9 Å². The van der Waals surface area contributed by atoms with Crippen molar-refractivity contribution in [2.75, 3.05) is 11.5 Å². The van der Waals surface area contributed by atoms with Crippen LogP contribution in [0.4, 0.5) is 0 Å². The molecule has 0 radical (unpaired) electrons. The fraction of sp³-hybridized carbons (Fsp3) is 0.538. The Kier molecular flexibility index (Phi) is 5.81. The van der Waals surface area contributed by atoms with Gasteiger partial charge < -0.3 is 5.11 Å². The molecule has 1 rings (SSSR count). The Morgan fingerprint density at radius 1 is 1.27 bits per heavy atom. The van der Waals surface area contributed by atoms with Crippen LogP contribution in [-0.4, -0.2) is 16.6 Å². The van der Waals surface area contributed by atoms with Crippen molar-refractivity contribution in [1.29, 1.82) is 0 Å². The maximum Gasteiger partial charge on any atom is 0.0880 e. The van der Waals surface area contributed by atoms with E-state index in [1.165, 1.54) is 18.4 Å². The minimum Gasteiger partial charge on any atom is -0.388 e. The van der Waals surface area contributed by atoms with Crippen molar-refractivity contribution in [3.05, 3.63) is 35.4 Å². The number of aliphatic hydroxyl groups is 1. The monoisotopic (exact) mass is 224 g/mol. The molecule has 15 heavy (non-hydrogen) atoms. The van der Waals surface area contributed by atoms with Crippen LogP contribution >= 0.6 is 11.8 Å². The first-order chi connectivity index (χ1) is 7.24. The number of hydrogen-bond donors (Lipinski definition) is 1. The van der Waals surface area contributed by atoms with Gasteiger partial charge in [0.1, 0.15) is 0 Å². The molecular weight excluding hydrogens is 204 g/mol. The van der Waals surface area contributed by atoms with Crippen molar-refractivity contribution in [1.82, 2.24) is 0 Å². The van der Waals surface area contributed by atoms with E-state index in [1.54, 1.807) is 0 Å². The average molecular weight is 224 g/mol. The van der Waals surface area contributed by atoms with Crippen LogP contribution in [0.1, 0.15) is 37.0 Å². The van der Waals surface area contributed by atoms with Crippen molar-refractivity contribution in [3.63, 3.8) is 0 Å². The van der Waals surface area contributed by atoms with Gasteiger partial charge in [0.05, 0.1) is 6.10 Å².